The molecule has 0 fully saturated rings. The molecule has 2 rings (SSSR count). The molecular weight excluding hydrogens is 231 g/mol. The third-order valence-electron chi connectivity index (χ3n) is 2.81. The van der Waals surface area contributed by atoms with Gasteiger partial charge < -0.3 is 9.84 Å². The van der Waals surface area contributed by atoms with E-state index in [1.807, 2.05) is 12.1 Å². The second kappa shape index (κ2) is 5.19. The van der Waals surface area contributed by atoms with Crippen molar-refractivity contribution in [2.24, 2.45) is 0 Å². The zero-order valence-corrected chi connectivity index (χ0v) is 10.4. The van der Waals surface area contributed by atoms with Gasteiger partial charge in [0.2, 0.25) is 0 Å². The summed E-state index contributed by atoms with van der Waals surface area (Å²) in [6.07, 6.45) is -0.893. The molecule has 0 aromatic heterocycles. The van der Waals surface area contributed by atoms with Crippen LogP contribution in [-0.2, 0) is 0 Å². The van der Waals surface area contributed by atoms with E-state index >= 15 is 0 Å². The summed E-state index contributed by atoms with van der Waals surface area (Å²) in [5.74, 6) is 0.242. The molecule has 0 heterocycles. The minimum absolute atomic E-state index is 0.348. The summed E-state index contributed by atoms with van der Waals surface area (Å²) >= 11 is 0. The number of ether oxygens (including phenoxy) is 1. The zero-order valence-electron chi connectivity index (χ0n) is 10.4. The Morgan fingerprint density at radius 2 is 1.89 bits per heavy atom. The van der Waals surface area contributed by atoms with Gasteiger partial charge in [0.1, 0.15) is 17.7 Å². The molecule has 0 radical (unpaired) electrons. The molecular formula is C15H15FO2. The molecule has 0 saturated heterocycles. The largest absolute Gasteiger partial charge is 0.496 e. The van der Waals surface area contributed by atoms with Crippen LogP contribution in [0.1, 0.15) is 22.8 Å². The average molecular weight is 246 g/mol. The van der Waals surface area contributed by atoms with Crippen molar-refractivity contribution >= 4 is 0 Å². The predicted molar refractivity (Wildman–Crippen MR) is 68.2 cm³/mol. The number of benzene rings is 2. The van der Waals surface area contributed by atoms with Gasteiger partial charge in [-0.1, -0.05) is 24.3 Å². The molecule has 0 amide bonds. The van der Waals surface area contributed by atoms with Gasteiger partial charge in [0.15, 0.2) is 0 Å². The highest BCUT2D eigenvalue weighted by molar-refractivity contribution is 5.41. The molecule has 2 aromatic rings. The Bertz CT molecular complexity index is 532. The monoisotopic (exact) mass is 246 g/mol. The van der Waals surface area contributed by atoms with E-state index in [0.29, 0.717) is 16.9 Å². The number of para-hydroxylation sites is 1. The summed E-state index contributed by atoms with van der Waals surface area (Å²) in [7, 11) is 1.54. The fourth-order valence-electron chi connectivity index (χ4n) is 1.99. The lowest BCUT2D eigenvalue weighted by molar-refractivity contribution is 0.214. The first-order chi connectivity index (χ1) is 8.61. The molecule has 0 spiro atoms. The maximum Gasteiger partial charge on any atom is 0.125 e. The molecule has 0 saturated carbocycles. The number of hydrogen-bond acceptors (Lipinski definition) is 2. The molecule has 0 aliphatic rings. The highest BCUT2D eigenvalue weighted by atomic mass is 19.1. The van der Waals surface area contributed by atoms with E-state index in [-0.39, 0.29) is 5.82 Å². The zero-order chi connectivity index (χ0) is 13.1. The van der Waals surface area contributed by atoms with Gasteiger partial charge in [0.05, 0.1) is 7.11 Å². The summed E-state index contributed by atoms with van der Waals surface area (Å²) in [6.45, 7) is 1.79. The molecule has 0 bridgehead atoms. The summed E-state index contributed by atoms with van der Waals surface area (Å²) in [4.78, 5) is 0. The molecule has 1 N–H and O–H groups in total. The van der Waals surface area contributed by atoms with Crippen molar-refractivity contribution in [3.63, 3.8) is 0 Å². The van der Waals surface area contributed by atoms with Crippen LogP contribution in [0.2, 0.25) is 0 Å². The van der Waals surface area contributed by atoms with E-state index in [1.165, 1.54) is 12.1 Å². The highest BCUT2D eigenvalue weighted by Gasteiger charge is 2.15. The van der Waals surface area contributed by atoms with E-state index in [0.717, 1.165) is 5.56 Å². The Labute approximate surface area is 106 Å². The molecule has 94 valence electrons. The van der Waals surface area contributed by atoms with Crippen LogP contribution in [-0.4, -0.2) is 12.2 Å². The number of aliphatic hydroxyl groups is 1. The first-order valence-corrected chi connectivity index (χ1v) is 5.70. The van der Waals surface area contributed by atoms with Crippen LogP contribution in [0.5, 0.6) is 5.75 Å². The van der Waals surface area contributed by atoms with Crippen molar-refractivity contribution in [1.29, 1.82) is 0 Å². The molecule has 0 aliphatic carbocycles. The molecule has 3 heteroatoms. The quantitative estimate of drug-likeness (QED) is 0.901. The lowest BCUT2D eigenvalue weighted by Gasteiger charge is -2.15. The van der Waals surface area contributed by atoms with Gasteiger partial charge in [0, 0.05) is 5.56 Å². The van der Waals surface area contributed by atoms with Crippen molar-refractivity contribution in [3.8, 4) is 5.75 Å². The van der Waals surface area contributed by atoms with Gasteiger partial charge in [-0.3, -0.25) is 0 Å². The Kier molecular flexibility index (Phi) is 3.63. The maximum atomic E-state index is 13.3. The van der Waals surface area contributed by atoms with E-state index in [1.54, 1.807) is 32.2 Å². The van der Waals surface area contributed by atoms with E-state index in [2.05, 4.69) is 0 Å². The third kappa shape index (κ3) is 2.51. The molecule has 0 aliphatic heterocycles. The summed E-state index contributed by atoms with van der Waals surface area (Å²) in [5, 5.41) is 10.3. The molecule has 1 atom stereocenters. The van der Waals surface area contributed by atoms with Crippen LogP contribution in [0, 0.1) is 12.7 Å². The minimum atomic E-state index is -0.893. The van der Waals surface area contributed by atoms with Crippen molar-refractivity contribution in [1.82, 2.24) is 0 Å². The van der Waals surface area contributed by atoms with Crippen LogP contribution in [0.15, 0.2) is 42.5 Å². The highest BCUT2D eigenvalue weighted by Crippen LogP contribution is 2.30. The van der Waals surface area contributed by atoms with Crippen LogP contribution < -0.4 is 4.74 Å². The van der Waals surface area contributed by atoms with Crippen LogP contribution in [0.25, 0.3) is 0 Å². The van der Waals surface area contributed by atoms with Crippen molar-refractivity contribution in [3.05, 3.63) is 65.0 Å². The lowest BCUT2D eigenvalue weighted by Crippen LogP contribution is -2.03. The molecule has 18 heavy (non-hydrogen) atoms. The van der Waals surface area contributed by atoms with Gasteiger partial charge in [-0.2, -0.15) is 0 Å². The topological polar surface area (TPSA) is 29.5 Å². The summed E-state index contributed by atoms with van der Waals surface area (Å²) < 4.78 is 18.5. The van der Waals surface area contributed by atoms with Crippen LogP contribution in [0.4, 0.5) is 4.39 Å². The van der Waals surface area contributed by atoms with Gasteiger partial charge >= 0.3 is 0 Å². The van der Waals surface area contributed by atoms with E-state index in [4.69, 9.17) is 4.74 Å². The number of methoxy groups -OCH3 is 1. The number of halogens is 1. The molecule has 2 aromatic carbocycles. The standard InChI is InChI=1S/C15H15FO2/c1-10-7-11(9-12(16)8-10)15(17)13-5-3-4-6-14(13)18-2/h3-9,15,17H,1-2H3. The lowest BCUT2D eigenvalue weighted by atomic mass is 9.99. The Morgan fingerprint density at radius 3 is 2.56 bits per heavy atom. The Balaban J connectivity index is 2.44. The van der Waals surface area contributed by atoms with Crippen molar-refractivity contribution < 1.29 is 14.2 Å². The van der Waals surface area contributed by atoms with Crippen molar-refractivity contribution in [2.75, 3.05) is 7.11 Å². The second-order valence-electron chi connectivity index (χ2n) is 4.21. The summed E-state index contributed by atoms with van der Waals surface area (Å²) in [5.41, 5.74) is 1.93. The van der Waals surface area contributed by atoms with E-state index < -0.39 is 6.10 Å². The van der Waals surface area contributed by atoms with Crippen LogP contribution >= 0.6 is 0 Å². The smallest absolute Gasteiger partial charge is 0.125 e. The predicted octanol–water partition coefficient (Wildman–Crippen LogP) is 3.22. The van der Waals surface area contributed by atoms with Crippen molar-refractivity contribution in [2.45, 2.75) is 13.0 Å². The number of aryl methyl sites for hydroxylation is 1. The minimum Gasteiger partial charge on any atom is -0.496 e. The van der Waals surface area contributed by atoms with Gasteiger partial charge in [-0.15, -0.1) is 0 Å². The van der Waals surface area contributed by atoms with Gasteiger partial charge in [-0.25, -0.2) is 4.39 Å². The number of rotatable bonds is 3. The fraction of sp³-hybridized carbons (Fsp3) is 0.200. The molecule has 2 nitrogen and oxygen atoms in total. The van der Waals surface area contributed by atoms with Gasteiger partial charge in [-0.05, 0) is 36.2 Å². The second-order valence-corrected chi connectivity index (χ2v) is 4.21. The molecule has 1 unspecified atom stereocenters. The number of aliphatic hydroxyl groups excluding tert-OH is 1. The average Bonchev–Trinajstić information content (AvgIpc) is 2.36. The van der Waals surface area contributed by atoms with Gasteiger partial charge in [0.25, 0.3) is 0 Å². The SMILES string of the molecule is COc1ccccc1C(O)c1cc(C)cc(F)c1. The number of hydrogen-bond donors (Lipinski definition) is 1. The normalized spacial score (nSPS) is 12.2. The first-order valence-electron chi connectivity index (χ1n) is 5.70. The Morgan fingerprint density at radius 1 is 1.17 bits per heavy atom. The first kappa shape index (κ1) is 12.6. The maximum absolute atomic E-state index is 13.3. The summed E-state index contributed by atoms with van der Waals surface area (Å²) in [6, 6.07) is 11.7. The Hall–Kier alpha value is -1.87. The third-order valence-corrected chi connectivity index (χ3v) is 2.81. The van der Waals surface area contributed by atoms with E-state index in [9.17, 15) is 9.50 Å². The fourth-order valence-corrected chi connectivity index (χ4v) is 1.99. The van der Waals surface area contributed by atoms with Crippen LogP contribution in [0.3, 0.4) is 0 Å².